The van der Waals surface area contributed by atoms with Crippen LogP contribution in [0.15, 0.2) is 65.6 Å². The first-order valence-corrected chi connectivity index (χ1v) is 12.4. The first-order chi connectivity index (χ1) is 15.3. The number of anilines is 1. The van der Waals surface area contributed by atoms with E-state index in [1.165, 1.54) is 0 Å². The Bertz CT molecular complexity index is 1250. The van der Waals surface area contributed by atoms with Crippen LogP contribution in [-0.4, -0.2) is 33.5 Å². The first kappa shape index (κ1) is 22.5. The Balaban J connectivity index is 1.69. The zero-order valence-corrected chi connectivity index (χ0v) is 19.4. The van der Waals surface area contributed by atoms with Crippen LogP contribution in [0.1, 0.15) is 29.8 Å². The van der Waals surface area contributed by atoms with Crippen molar-refractivity contribution in [1.82, 2.24) is 10.0 Å². The molecule has 1 amide bonds. The van der Waals surface area contributed by atoms with E-state index in [4.69, 9.17) is 0 Å². The molecule has 1 unspecified atom stereocenters. The highest BCUT2D eigenvalue weighted by molar-refractivity contribution is 7.89. The average molecular weight is 452 g/mol. The smallest absolute Gasteiger partial charge is 0.255 e. The molecule has 7 heteroatoms. The van der Waals surface area contributed by atoms with Gasteiger partial charge in [-0.15, -0.1) is 0 Å². The number of hydrogen-bond acceptors (Lipinski definition) is 4. The predicted molar refractivity (Wildman–Crippen MR) is 128 cm³/mol. The van der Waals surface area contributed by atoms with Crippen molar-refractivity contribution in [1.29, 1.82) is 0 Å². The lowest BCUT2D eigenvalue weighted by molar-refractivity contribution is 0.102. The van der Waals surface area contributed by atoms with Crippen LogP contribution in [0.25, 0.3) is 10.8 Å². The monoisotopic (exact) mass is 451 g/mol. The van der Waals surface area contributed by atoms with Gasteiger partial charge in [-0.2, -0.15) is 0 Å². The van der Waals surface area contributed by atoms with Crippen LogP contribution in [0.5, 0.6) is 0 Å². The van der Waals surface area contributed by atoms with Gasteiger partial charge in [-0.25, -0.2) is 13.1 Å². The lowest BCUT2D eigenvalue weighted by atomic mass is 9.88. The third kappa shape index (κ3) is 4.41. The van der Waals surface area contributed by atoms with E-state index in [1.54, 1.807) is 24.3 Å². The van der Waals surface area contributed by atoms with Crippen molar-refractivity contribution in [2.24, 2.45) is 11.8 Å². The molecule has 1 saturated heterocycles. The highest BCUT2D eigenvalue weighted by atomic mass is 32.2. The summed E-state index contributed by atoms with van der Waals surface area (Å²) in [5.41, 5.74) is 2.04. The van der Waals surface area contributed by atoms with Crippen molar-refractivity contribution in [3.8, 4) is 0 Å². The number of carbonyl (C=O) groups excluding carboxylic acids is 1. The summed E-state index contributed by atoms with van der Waals surface area (Å²) >= 11 is 0. The molecule has 0 bridgehead atoms. The SMILES string of the molecule is Cc1ccccc1C(=O)Nc1ccc(S(=O)(=O)NC2[C@H](C)CNC[C@@H]2C)c2ccccc12. The fourth-order valence-electron chi connectivity index (χ4n) is 4.46. The minimum Gasteiger partial charge on any atom is -0.321 e. The number of carbonyl (C=O) groups is 1. The van der Waals surface area contributed by atoms with E-state index in [1.807, 2.05) is 43.3 Å². The molecule has 0 spiro atoms. The molecule has 1 aliphatic rings. The van der Waals surface area contributed by atoms with Gasteiger partial charge >= 0.3 is 0 Å². The molecule has 1 aliphatic heterocycles. The van der Waals surface area contributed by atoms with Crippen LogP contribution < -0.4 is 15.4 Å². The molecular weight excluding hydrogens is 422 g/mol. The minimum atomic E-state index is -3.75. The molecule has 32 heavy (non-hydrogen) atoms. The zero-order valence-electron chi connectivity index (χ0n) is 18.6. The van der Waals surface area contributed by atoms with Crippen LogP contribution in [0, 0.1) is 18.8 Å². The topological polar surface area (TPSA) is 87.3 Å². The number of aryl methyl sites for hydroxylation is 1. The molecule has 168 valence electrons. The van der Waals surface area contributed by atoms with Crippen molar-refractivity contribution in [2.75, 3.05) is 18.4 Å². The van der Waals surface area contributed by atoms with Crippen LogP contribution in [0.2, 0.25) is 0 Å². The fraction of sp³-hybridized carbons (Fsp3) is 0.320. The molecule has 0 aromatic heterocycles. The maximum atomic E-state index is 13.4. The maximum absolute atomic E-state index is 13.4. The molecule has 0 radical (unpaired) electrons. The van der Waals surface area contributed by atoms with Gasteiger partial charge in [0.25, 0.3) is 5.91 Å². The fourth-order valence-corrected chi connectivity index (χ4v) is 6.13. The molecule has 0 saturated carbocycles. The van der Waals surface area contributed by atoms with Crippen molar-refractivity contribution in [2.45, 2.75) is 31.7 Å². The third-order valence-corrected chi connectivity index (χ3v) is 7.78. The summed E-state index contributed by atoms with van der Waals surface area (Å²) in [6.45, 7) is 7.55. The summed E-state index contributed by atoms with van der Waals surface area (Å²) in [5, 5.41) is 7.56. The maximum Gasteiger partial charge on any atom is 0.255 e. The molecule has 1 heterocycles. The Labute approximate surface area is 189 Å². The predicted octanol–water partition coefficient (Wildman–Crippen LogP) is 3.92. The third-order valence-electron chi connectivity index (χ3n) is 6.26. The molecular formula is C25H29N3O3S. The molecule has 3 atom stereocenters. The van der Waals surface area contributed by atoms with E-state index < -0.39 is 10.0 Å². The second-order valence-electron chi connectivity index (χ2n) is 8.69. The standard InChI is InChI=1S/C25H29N3O3S/c1-16-8-4-5-9-19(16)25(29)27-22-12-13-23(21-11-7-6-10-20(21)22)32(30,31)28-24-17(2)14-26-15-18(24)3/h4-13,17-18,24,26,28H,14-15H2,1-3H3,(H,27,29)/t17-,18+,24?. The van der Waals surface area contributed by atoms with Crippen molar-refractivity contribution in [3.05, 3.63) is 71.8 Å². The summed E-state index contributed by atoms with van der Waals surface area (Å²) in [5.74, 6) is 0.152. The van der Waals surface area contributed by atoms with Gasteiger partial charge in [0.2, 0.25) is 10.0 Å². The second-order valence-corrected chi connectivity index (χ2v) is 10.4. The number of sulfonamides is 1. The Kier molecular flexibility index (Phi) is 6.33. The molecule has 1 fully saturated rings. The lowest BCUT2D eigenvalue weighted by Gasteiger charge is -2.35. The van der Waals surface area contributed by atoms with E-state index in [9.17, 15) is 13.2 Å². The Morgan fingerprint density at radius 2 is 1.53 bits per heavy atom. The van der Waals surface area contributed by atoms with Gasteiger partial charge in [0.1, 0.15) is 0 Å². The van der Waals surface area contributed by atoms with E-state index in [0.29, 0.717) is 22.0 Å². The van der Waals surface area contributed by atoms with Crippen LogP contribution in [0.4, 0.5) is 5.69 Å². The molecule has 3 N–H and O–H groups in total. The quantitative estimate of drug-likeness (QED) is 0.549. The van der Waals surface area contributed by atoms with E-state index in [-0.39, 0.29) is 28.7 Å². The van der Waals surface area contributed by atoms with Crippen molar-refractivity contribution < 1.29 is 13.2 Å². The van der Waals surface area contributed by atoms with Crippen LogP contribution in [0.3, 0.4) is 0 Å². The molecule has 3 aromatic rings. The van der Waals surface area contributed by atoms with Crippen molar-refractivity contribution in [3.63, 3.8) is 0 Å². The average Bonchev–Trinajstić information content (AvgIpc) is 2.77. The Hall–Kier alpha value is -2.74. The Morgan fingerprint density at radius 1 is 0.906 bits per heavy atom. The van der Waals surface area contributed by atoms with Crippen molar-refractivity contribution >= 4 is 32.4 Å². The Morgan fingerprint density at radius 3 is 2.22 bits per heavy atom. The largest absolute Gasteiger partial charge is 0.321 e. The molecule has 4 rings (SSSR count). The number of nitrogens with one attached hydrogen (secondary N) is 3. The van der Waals surface area contributed by atoms with E-state index in [2.05, 4.69) is 29.2 Å². The van der Waals surface area contributed by atoms with Gasteiger partial charge in [-0.1, -0.05) is 56.3 Å². The summed E-state index contributed by atoms with van der Waals surface area (Å²) in [7, 11) is -3.75. The number of piperidine rings is 1. The summed E-state index contributed by atoms with van der Waals surface area (Å²) < 4.78 is 29.7. The van der Waals surface area contributed by atoms with Crippen LogP contribution >= 0.6 is 0 Å². The molecule has 0 aliphatic carbocycles. The van der Waals surface area contributed by atoms with Gasteiger partial charge in [-0.05, 0) is 55.6 Å². The second kappa shape index (κ2) is 9.02. The van der Waals surface area contributed by atoms with Gasteiger partial charge in [0.05, 0.1) is 4.90 Å². The summed E-state index contributed by atoms with van der Waals surface area (Å²) in [4.78, 5) is 13.1. The highest BCUT2D eigenvalue weighted by Gasteiger charge is 2.32. The van der Waals surface area contributed by atoms with Gasteiger partial charge in [0.15, 0.2) is 0 Å². The van der Waals surface area contributed by atoms with Gasteiger partial charge in [0, 0.05) is 28.1 Å². The number of hydrogen-bond donors (Lipinski definition) is 3. The number of rotatable bonds is 5. The van der Waals surface area contributed by atoms with Crippen LogP contribution in [-0.2, 0) is 10.0 Å². The van der Waals surface area contributed by atoms with E-state index >= 15 is 0 Å². The lowest BCUT2D eigenvalue weighted by Crippen LogP contribution is -2.53. The highest BCUT2D eigenvalue weighted by Crippen LogP contribution is 2.31. The molecule has 6 nitrogen and oxygen atoms in total. The number of amides is 1. The first-order valence-electron chi connectivity index (χ1n) is 10.9. The number of benzene rings is 3. The normalized spacial score (nSPS) is 21.4. The minimum absolute atomic E-state index is 0.138. The summed E-state index contributed by atoms with van der Waals surface area (Å²) in [6, 6.07) is 17.7. The zero-order chi connectivity index (χ0) is 22.9. The molecule has 3 aromatic carbocycles. The van der Waals surface area contributed by atoms with Gasteiger partial charge < -0.3 is 10.6 Å². The summed E-state index contributed by atoms with van der Waals surface area (Å²) in [6.07, 6.45) is 0. The van der Waals surface area contributed by atoms with E-state index in [0.717, 1.165) is 18.7 Å². The number of fused-ring (bicyclic) bond motifs is 1. The van der Waals surface area contributed by atoms with Gasteiger partial charge in [-0.3, -0.25) is 4.79 Å².